The van der Waals surface area contributed by atoms with E-state index >= 15 is 0 Å². The van der Waals surface area contributed by atoms with Gasteiger partial charge in [-0.3, -0.25) is 4.79 Å². The van der Waals surface area contributed by atoms with Gasteiger partial charge in [0.15, 0.2) is 5.78 Å². The van der Waals surface area contributed by atoms with Crippen LogP contribution in [-0.2, 0) is 14.3 Å². The zero-order valence-corrected chi connectivity index (χ0v) is 15.4. The number of esters is 1. The molecule has 0 unspecified atom stereocenters. The zero-order chi connectivity index (χ0) is 17.9. The molecule has 2 aliphatic carbocycles. The van der Waals surface area contributed by atoms with Crippen LogP contribution in [0.2, 0.25) is 0 Å². The van der Waals surface area contributed by atoms with Gasteiger partial charge in [-0.25, -0.2) is 4.79 Å². The van der Waals surface area contributed by atoms with E-state index in [-0.39, 0.29) is 35.1 Å². The maximum atomic E-state index is 12.3. The first kappa shape index (κ1) is 18.7. The van der Waals surface area contributed by atoms with Crippen molar-refractivity contribution in [2.45, 2.75) is 65.9 Å². The van der Waals surface area contributed by atoms with E-state index in [1.54, 1.807) is 6.08 Å². The third-order valence-corrected chi connectivity index (χ3v) is 5.85. The lowest BCUT2D eigenvalue weighted by atomic mass is 9.57. The fourth-order valence-corrected chi connectivity index (χ4v) is 4.00. The maximum absolute atomic E-state index is 12.3. The Morgan fingerprint density at radius 3 is 2.83 bits per heavy atom. The fraction of sp³-hybridized carbons (Fsp3) is 0.619. The van der Waals surface area contributed by atoms with Gasteiger partial charge in [0.05, 0.1) is 0 Å². The Balaban J connectivity index is 2.14. The third-order valence-electron chi connectivity index (χ3n) is 5.85. The molecule has 0 aromatic carbocycles. The number of rotatable bonds is 5. The molecule has 0 bridgehead atoms. The second-order valence-electron chi connectivity index (χ2n) is 7.59. The van der Waals surface area contributed by atoms with E-state index < -0.39 is 0 Å². The molecule has 4 atom stereocenters. The lowest BCUT2D eigenvalue weighted by Crippen LogP contribution is -2.46. The summed E-state index contributed by atoms with van der Waals surface area (Å²) in [7, 11) is 0. The Morgan fingerprint density at radius 1 is 1.50 bits per heavy atom. The first-order valence-electron chi connectivity index (χ1n) is 9.07. The molecule has 0 heterocycles. The molecular weight excluding hydrogens is 300 g/mol. The Bertz CT molecular complexity index is 584. The highest BCUT2D eigenvalue weighted by molar-refractivity contribution is 5.95. The molecule has 1 fully saturated rings. The van der Waals surface area contributed by atoms with Gasteiger partial charge in [-0.2, -0.15) is 0 Å². The number of ether oxygens (including phenoxy) is 1. The molecule has 2 rings (SSSR count). The summed E-state index contributed by atoms with van der Waals surface area (Å²) in [5, 5.41) is 0. The van der Waals surface area contributed by atoms with Crippen molar-refractivity contribution in [1.82, 2.24) is 0 Å². The van der Waals surface area contributed by atoms with E-state index in [1.807, 2.05) is 19.1 Å². The van der Waals surface area contributed by atoms with Crippen molar-refractivity contribution in [1.29, 1.82) is 0 Å². The number of allylic oxidation sites excluding steroid dienone is 4. The van der Waals surface area contributed by atoms with Gasteiger partial charge in [0, 0.05) is 17.9 Å². The molecule has 2 aliphatic rings. The number of hydrogen-bond donors (Lipinski definition) is 0. The highest BCUT2D eigenvalue weighted by Crippen LogP contribution is 2.52. The van der Waals surface area contributed by atoms with Crippen LogP contribution in [-0.4, -0.2) is 17.9 Å². The smallest absolute Gasteiger partial charge is 0.330 e. The molecule has 0 aliphatic heterocycles. The number of fused-ring (bicyclic) bond motifs is 1. The summed E-state index contributed by atoms with van der Waals surface area (Å²) in [4.78, 5) is 24.3. The monoisotopic (exact) mass is 330 g/mol. The minimum absolute atomic E-state index is 0.0927. The number of ketones is 1. The van der Waals surface area contributed by atoms with Crippen LogP contribution in [0.5, 0.6) is 0 Å². The lowest BCUT2D eigenvalue weighted by Gasteiger charge is -2.49. The molecule has 0 saturated heterocycles. The Kier molecular flexibility index (Phi) is 5.84. The molecule has 1 saturated carbocycles. The molecule has 0 amide bonds. The summed E-state index contributed by atoms with van der Waals surface area (Å²) in [6.07, 6.45) is 9.46. The third kappa shape index (κ3) is 3.71. The summed E-state index contributed by atoms with van der Waals surface area (Å²) in [6.45, 7) is 12.3. The van der Waals surface area contributed by atoms with E-state index in [2.05, 4.69) is 27.4 Å². The SMILES string of the molecule is C=C(C)[C@@H]1C[C@@]2(C)C(=CC1=O)CC[C@@H](OC(=O)/C=C\CCC)[C@@H]2C. The molecule has 24 heavy (non-hydrogen) atoms. The fourth-order valence-electron chi connectivity index (χ4n) is 4.00. The second-order valence-corrected chi connectivity index (χ2v) is 7.59. The zero-order valence-electron chi connectivity index (χ0n) is 15.4. The summed E-state index contributed by atoms with van der Waals surface area (Å²) < 4.78 is 5.73. The van der Waals surface area contributed by atoms with Crippen molar-refractivity contribution in [3.8, 4) is 0 Å². The van der Waals surface area contributed by atoms with Crippen molar-refractivity contribution in [2.75, 3.05) is 0 Å². The molecule has 0 aromatic heterocycles. The minimum Gasteiger partial charge on any atom is -0.459 e. The summed E-state index contributed by atoms with van der Waals surface area (Å²) in [6, 6.07) is 0. The molecule has 0 radical (unpaired) electrons. The van der Waals surface area contributed by atoms with E-state index in [1.165, 1.54) is 5.57 Å². The normalized spacial score (nSPS) is 33.1. The largest absolute Gasteiger partial charge is 0.459 e. The minimum atomic E-state index is -0.250. The van der Waals surface area contributed by atoms with Crippen LogP contribution in [0.4, 0.5) is 0 Å². The van der Waals surface area contributed by atoms with Crippen LogP contribution >= 0.6 is 0 Å². The number of carbonyl (C=O) groups excluding carboxylic acids is 2. The standard InChI is InChI=1S/C21H30O3/c1-6-7-8-9-20(23)24-19-11-10-16-12-18(22)17(14(2)3)13-21(16,5)15(19)4/h8-9,12,15,17,19H,2,6-7,10-11,13H2,1,3-5H3/b9-8-/t15-,17-,19+,21+/m0/s1. The van der Waals surface area contributed by atoms with Crippen molar-refractivity contribution in [2.24, 2.45) is 17.3 Å². The molecule has 0 aromatic rings. The van der Waals surface area contributed by atoms with Crippen molar-refractivity contribution in [3.63, 3.8) is 0 Å². The van der Waals surface area contributed by atoms with Crippen molar-refractivity contribution >= 4 is 11.8 Å². The average Bonchev–Trinajstić information content (AvgIpc) is 2.52. The maximum Gasteiger partial charge on any atom is 0.330 e. The summed E-state index contributed by atoms with van der Waals surface area (Å²) in [5.41, 5.74) is 2.03. The van der Waals surface area contributed by atoms with Gasteiger partial charge >= 0.3 is 5.97 Å². The Morgan fingerprint density at radius 2 is 2.21 bits per heavy atom. The van der Waals surface area contributed by atoms with Crippen molar-refractivity contribution < 1.29 is 14.3 Å². The molecule has 132 valence electrons. The number of carbonyl (C=O) groups is 2. The number of hydrogen-bond acceptors (Lipinski definition) is 3. The van der Waals surface area contributed by atoms with Crippen LogP contribution in [0.25, 0.3) is 0 Å². The molecular formula is C21H30O3. The lowest BCUT2D eigenvalue weighted by molar-refractivity contribution is -0.150. The van der Waals surface area contributed by atoms with Crippen LogP contribution in [0.3, 0.4) is 0 Å². The Hall–Kier alpha value is -1.64. The van der Waals surface area contributed by atoms with Gasteiger partial charge in [-0.15, -0.1) is 0 Å². The van der Waals surface area contributed by atoms with Crippen LogP contribution in [0.1, 0.15) is 59.8 Å². The topological polar surface area (TPSA) is 43.4 Å². The molecule has 3 nitrogen and oxygen atoms in total. The highest BCUT2D eigenvalue weighted by atomic mass is 16.5. The van der Waals surface area contributed by atoms with Gasteiger partial charge in [0.2, 0.25) is 0 Å². The van der Waals surface area contributed by atoms with E-state index in [0.29, 0.717) is 0 Å². The molecule has 3 heteroatoms. The predicted molar refractivity (Wildman–Crippen MR) is 96.4 cm³/mol. The first-order chi connectivity index (χ1) is 11.3. The molecule has 0 N–H and O–H groups in total. The van der Waals surface area contributed by atoms with Gasteiger partial charge in [0.25, 0.3) is 0 Å². The highest BCUT2D eigenvalue weighted by Gasteiger charge is 2.48. The van der Waals surface area contributed by atoms with Crippen LogP contribution < -0.4 is 0 Å². The van der Waals surface area contributed by atoms with Gasteiger partial charge < -0.3 is 4.74 Å². The average molecular weight is 330 g/mol. The van der Waals surface area contributed by atoms with Gasteiger partial charge in [-0.1, -0.05) is 51.0 Å². The van der Waals surface area contributed by atoms with Crippen molar-refractivity contribution in [3.05, 3.63) is 36.0 Å². The molecule has 0 spiro atoms. The quantitative estimate of drug-likeness (QED) is 0.414. The van der Waals surface area contributed by atoms with Gasteiger partial charge in [0.1, 0.15) is 6.10 Å². The van der Waals surface area contributed by atoms with E-state index in [4.69, 9.17) is 4.74 Å². The number of unbranched alkanes of at least 4 members (excludes halogenated alkanes) is 1. The predicted octanol–water partition coefficient (Wildman–Crippen LogP) is 4.78. The second kappa shape index (κ2) is 7.50. The summed E-state index contributed by atoms with van der Waals surface area (Å²) in [5.74, 6) is 0.0101. The van der Waals surface area contributed by atoms with Gasteiger partial charge in [-0.05, 0) is 44.1 Å². The van der Waals surface area contributed by atoms with E-state index in [0.717, 1.165) is 37.7 Å². The van der Waals surface area contributed by atoms with Crippen LogP contribution in [0, 0.1) is 17.3 Å². The van der Waals surface area contributed by atoms with Crippen LogP contribution in [0.15, 0.2) is 36.0 Å². The first-order valence-corrected chi connectivity index (χ1v) is 9.07. The summed E-state index contributed by atoms with van der Waals surface area (Å²) >= 11 is 0. The van der Waals surface area contributed by atoms with E-state index in [9.17, 15) is 9.59 Å². The Labute approximate surface area is 145 Å².